The molecule has 0 aliphatic carbocycles. The summed E-state index contributed by atoms with van der Waals surface area (Å²) in [6, 6.07) is 4.28. The van der Waals surface area contributed by atoms with Gasteiger partial charge in [0.15, 0.2) is 0 Å². The maximum absolute atomic E-state index is 9.39. The Kier molecular flexibility index (Phi) is 2.90. The van der Waals surface area contributed by atoms with Crippen LogP contribution in [0.5, 0.6) is 11.5 Å². The van der Waals surface area contributed by atoms with Crippen LogP contribution in [0.4, 0.5) is 0 Å². The van der Waals surface area contributed by atoms with Gasteiger partial charge in [-0.3, -0.25) is 0 Å². The fourth-order valence-electron chi connectivity index (χ4n) is 1.16. The molecular weight excluding hydrogens is 166 g/mol. The highest BCUT2D eigenvalue weighted by atomic mass is 16.3. The molecule has 13 heavy (non-hydrogen) atoms. The van der Waals surface area contributed by atoms with E-state index in [1.54, 1.807) is 6.07 Å². The van der Waals surface area contributed by atoms with E-state index in [1.807, 2.05) is 6.92 Å². The number of nitrogens with one attached hydrogen (secondary N) is 1. The third-order valence-electron chi connectivity index (χ3n) is 1.81. The molecule has 1 aromatic carbocycles. The lowest BCUT2D eigenvalue weighted by atomic mass is 10.1. The summed E-state index contributed by atoms with van der Waals surface area (Å²) in [5, 5.41) is 26.0. The molecule has 0 heterocycles. The van der Waals surface area contributed by atoms with Crippen LogP contribution in [0.2, 0.25) is 0 Å². The topological polar surface area (TPSA) is 64.3 Å². The molecule has 0 saturated heterocycles. The minimum absolute atomic E-state index is 0.0190. The van der Waals surface area contributed by atoms with E-state index in [2.05, 4.69) is 0 Å². The molecule has 1 aromatic rings. The van der Waals surface area contributed by atoms with Crippen molar-refractivity contribution in [1.29, 1.82) is 5.41 Å². The van der Waals surface area contributed by atoms with Gasteiger partial charge < -0.3 is 15.6 Å². The van der Waals surface area contributed by atoms with E-state index >= 15 is 0 Å². The van der Waals surface area contributed by atoms with Crippen LogP contribution in [0.1, 0.15) is 25.3 Å². The van der Waals surface area contributed by atoms with Crippen molar-refractivity contribution >= 4 is 5.71 Å². The quantitative estimate of drug-likeness (QED) is 0.623. The van der Waals surface area contributed by atoms with Crippen molar-refractivity contribution in [2.24, 2.45) is 0 Å². The van der Waals surface area contributed by atoms with E-state index in [1.165, 1.54) is 12.1 Å². The van der Waals surface area contributed by atoms with Gasteiger partial charge in [-0.2, -0.15) is 0 Å². The van der Waals surface area contributed by atoms with Crippen molar-refractivity contribution in [3.8, 4) is 11.5 Å². The Bertz CT molecular complexity index is 321. The first-order valence-electron chi connectivity index (χ1n) is 4.25. The molecule has 1 rings (SSSR count). The summed E-state index contributed by atoms with van der Waals surface area (Å²) in [5.74, 6) is -0.0102. The number of hydrogen-bond acceptors (Lipinski definition) is 3. The number of rotatable bonds is 3. The number of hydrogen-bond donors (Lipinski definition) is 3. The summed E-state index contributed by atoms with van der Waals surface area (Å²) in [6.07, 6.45) is 1.51. The van der Waals surface area contributed by atoms with Crippen molar-refractivity contribution in [3.63, 3.8) is 0 Å². The highest BCUT2D eigenvalue weighted by Crippen LogP contribution is 2.23. The maximum atomic E-state index is 9.39. The van der Waals surface area contributed by atoms with Crippen LogP contribution >= 0.6 is 0 Å². The van der Waals surface area contributed by atoms with Crippen molar-refractivity contribution in [2.45, 2.75) is 19.8 Å². The lowest BCUT2D eigenvalue weighted by Crippen LogP contribution is -1.97. The zero-order valence-corrected chi connectivity index (χ0v) is 7.54. The molecule has 0 bridgehead atoms. The van der Waals surface area contributed by atoms with Crippen LogP contribution in [-0.4, -0.2) is 15.9 Å². The second-order valence-corrected chi connectivity index (χ2v) is 2.93. The number of phenols is 2. The SMILES string of the molecule is CCCC(=N)c1ccc(O)cc1O. The predicted octanol–water partition coefficient (Wildman–Crippen LogP) is 2.27. The van der Waals surface area contributed by atoms with Gasteiger partial charge in [0.25, 0.3) is 0 Å². The molecule has 0 radical (unpaired) electrons. The Morgan fingerprint density at radius 2 is 2.08 bits per heavy atom. The van der Waals surface area contributed by atoms with E-state index in [4.69, 9.17) is 10.5 Å². The van der Waals surface area contributed by atoms with Gasteiger partial charge in [0.05, 0.1) is 0 Å². The predicted molar refractivity (Wildman–Crippen MR) is 51.5 cm³/mol. The maximum Gasteiger partial charge on any atom is 0.128 e. The van der Waals surface area contributed by atoms with E-state index in [-0.39, 0.29) is 11.5 Å². The second kappa shape index (κ2) is 3.94. The summed E-state index contributed by atoms with van der Waals surface area (Å²) >= 11 is 0. The third kappa shape index (κ3) is 2.21. The molecule has 0 aliphatic heterocycles. The molecule has 0 fully saturated rings. The molecule has 0 unspecified atom stereocenters. The first-order valence-corrected chi connectivity index (χ1v) is 4.25. The fourth-order valence-corrected chi connectivity index (χ4v) is 1.16. The average Bonchev–Trinajstić information content (AvgIpc) is 2.04. The molecule has 0 aliphatic rings. The molecule has 0 atom stereocenters. The van der Waals surface area contributed by atoms with E-state index in [0.717, 1.165) is 6.42 Å². The average molecular weight is 179 g/mol. The second-order valence-electron chi connectivity index (χ2n) is 2.93. The van der Waals surface area contributed by atoms with Gasteiger partial charge in [-0.05, 0) is 18.6 Å². The fraction of sp³-hybridized carbons (Fsp3) is 0.300. The normalized spacial score (nSPS) is 9.92. The van der Waals surface area contributed by atoms with Crippen LogP contribution in [0.15, 0.2) is 18.2 Å². The Morgan fingerprint density at radius 3 is 2.62 bits per heavy atom. The van der Waals surface area contributed by atoms with Crippen LogP contribution in [0, 0.1) is 5.41 Å². The molecule has 0 saturated carbocycles. The summed E-state index contributed by atoms with van der Waals surface area (Å²) < 4.78 is 0. The molecule has 0 amide bonds. The van der Waals surface area contributed by atoms with Crippen molar-refractivity contribution < 1.29 is 10.2 Å². The number of phenolic OH excluding ortho intramolecular Hbond substituents is 2. The van der Waals surface area contributed by atoms with Crippen LogP contribution in [-0.2, 0) is 0 Å². The van der Waals surface area contributed by atoms with E-state index in [0.29, 0.717) is 17.7 Å². The summed E-state index contributed by atoms with van der Waals surface area (Å²) in [7, 11) is 0. The standard InChI is InChI=1S/C10H13NO2/c1-2-3-9(11)8-5-4-7(12)6-10(8)13/h4-6,11-13H,2-3H2,1H3. The van der Waals surface area contributed by atoms with Crippen LogP contribution in [0.25, 0.3) is 0 Å². The largest absolute Gasteiger partial charge is 0.508 e. The smallest absolute Gasteiger partial charge is 0.128 e. The van der Waals surface area contributed by atoms with Crippen molar-refractivity contribution in [2.75, 3.05) is 0 Å². The number of aromatic hydroxyl groups is 2. The lowest BCUT2D eigenvalue weighted by molar-refractivity contribution is 0.449. The highest BCUT2D eigenvalue weighted by Gasteiger charge is 2.06. The minimum Gasteiger partial charge on any atom is -0.508 e. The summed E-state index contributed by atoms with van der Waals surface area (Å²) in [4.78, 5) is 0. The van der Waals surface area contributed by atoms with Gasteiger partial charge in [-0.15, -0.1) is 0 Å². The van der Waals surface area contributed by atoms with Gasteiger partial charge in [0.1, 0.15) is 11.5 Å². The molecule has 70 valence electrons. The zero-order valence-electron chi connectivity index (χ0n) is 7.54. The molecule has 3 heteroatoms. The molecule has 3 N–H and O–H groups in total. The Morgan fingerprint density at radius 1 is 1.38 bits per heavy atom. The van der Waals surface area contributed by atoms with Gasteiger partial charge >= 0.3 is 0 Å². The van der Waals surface area contributed by atoms with Gasteiger partial charge in [-0.25, -0.2) is 0 Å². The van der Waals surface area contributed by atoms with Crippen molar-refractivity contribution in [1.82, 2.24) is 0 Å². The molecule has 0 spiro atoms. The Labute approximate surface area is 77.2 Å². The molecular formula is C10H13NO2. The lowest BCUT2D eigenvalue weighted by Gasteiger charge is -2.05. The van der Waals surface area contributed by atoms with Crippen LogP contribution < -0.4 is 0 Å². The molecule has 3 nitrogen and oxygen atoms in total. The van der Waals surface area contributed by atoms with E-state index < -0.39 is 0 Å². The van der Waals surface area contributed by atoms with E-state index in [9.17, 15) is 5.11 Å². The monoisotopic (exact) mass is 179 g/mol. The highest BCUT2D eigenvalue weighted by molar-refractivity contribution is 6.00. The van der Waals surface area contributed by atoms with Crippen LogP contribution in [0.3, 0.4) is 0 Å². The first kappa shape index (κ1) is 9.58. The minimum atomic E-state index is -0.0292. The van der Waals surface area contributed by atoms with Gasteiger partial charge in [0.2, 0.25) is 0 Å². The zero-order chi connectivity index (χ0) is 9.84. The summed E-state index contributed by atoms with van der Waals surface area (Å²) in [5.41, 5.74) is 0.902. The first-order chi connectivity index (χ1) is 6.15. The Hall–Kier alpha value is -1.51. The third-order valence-corrected chi connectivity index (χ3v) is 1.81. The number of benzene rings is 1. The van der Waals surface area contributed by atoms with Crippen molar-refractivity contribution in [3.05, 3.63) is 23.8 Å². The molecule has 0 aromatic heterocycles. The summed E-state index contributed by atoms with van der Waals surface area (Å²) in [6.45, 7) is 1.98. The van der Waals surface area contributed by atoms with Gasteiger partial charge in [-0.1, -0.05) is 13.3 Å². The van der Waals surface area contributed by atoms with Gasteiger partial charge in [0, 0.05) is 17.3 Å². The Balaban J connectivity index is 2.95.